The molecule has 0 unspecified atom stereocenters. The van der Waals surface area contributed by atoms with Gasteiger partial charge >= 0.3 is 11.8 Å². The molecule has 0 atom stereocenters. The van der Waals surface area contributed by atoms with Gasteiger partial charge in [0.05, 0.1) is 24.6 Å². The number of morpholine rings is 1. The van der Waals surface area contributed by atoms with Gasteiger partial charge in [-0.15, -0.1) is 0 Å². The average molecular weight is 436 g/mol. The van der Waals surface area contributed by atoms with E-state index in [0.717, 1.165) is 0 Å². The third kappa shape index (κ3) is 4.11. The standard InChI is InChI=1S/C21H20ClF2N3O3/c22-17-11-15(23)2-1-14(17)13-26-5-6-27(21(29)20(26)28)19-12-16(24)3-4-18(19)25-7-9-30-10-8-25/h1-4,11-12H,5-10,13H2. The predicted molar refractivity (Wildman–Crippen MR) is 109 cm³/mol. The zero-order chi connectivity index (χ0) is 21.3. The Labute approximate surface area is 177 Å². The minimum Gasteiger partial charge on any atom is -0.378 e. The smallest absolute Gasteiger partial charge is 0.316 e. The number of piperazine rings is 1. The van der Waals surface area contributed by atoms with E-state index < -0.39 is 23.4 Å². The number of carbonyl (C=O) groups excluding carboxylic acids is 2. The van der Waals surface area contributed by atoms with Gasteiger partial charge in [0.2, 0.25) is 0 Å². The van der Waals surface area contributed by atoms with Crippen LogP contribution in [0.5, 0.6) is 0 Å². The van der Waals surface area contributed by atoms with Crippen LogP contribution in [0.2, 0.25) is 5.02 Å². The maximum Gasteiger partial charge on any atom is 0.316 e. The quantitative estimate of drug-likeness (QED) is 0.693. The zero-order valence-corrected chi connectivity index (χ0v) is 16.9. The van der Waals surface area contributed by atoms with E-state index in [2.05, 4.69) is 0 Å². The number of carbonyl (C=O) groups is 2. The number of nitrogens with zero attached hydrogens (tertiary/aromatic N) is 3. The van der Waals surface area contributed by atoms with Gasteiger partial charge in [-0.2, -0.15) is 0 Å². The van der Waals surface area contributed by atoms with Crippen LogP contribution >= 0.6 is 11.6 Å². The maximum absolute atomic E-state index is 14.0. The predicted octanol–water partition coefficient (Wildman–Crippen LogP) is 2.83. The molecule has 158 valence electrons. The summed E-state index contributed by atoms with van der Waals surface area (Å²) in [6, 6.07) is 8.16. The van der Waals surface area contributed by atoms with Gasteiger partial charge in [-0.05, 0) is 35.9 Å². The molecule has 2 saturated heterocycles. The van der Waals surface area contributed by atoms with Gasteiger partial charge in [0.25, 0.3) is 0 Å². The Morgan fingerprint density at radius 3 is 2.30 bits per heavy atom. The Balaban J connectivity index is 1.56. The fourth-order valence-corrected chi connectivity index (χ4v) is 3.92. The number of ether oxygens (including phenoxy) is 1. The molecule has 0 aliphatic carbocycles. The molecule has 30 heavy (non-hydrogen) atoms. The van der Waals surface area contributed by atoms with E-state index in [1.165, 1.54) is 40.1 Å². The van der Waals surface area contributed by atoms with E-state index in [-0.39, 0.29) is 24.7 Å². The number of anilines is 2. The first-order valence-electron chi connectivity index (χ1n) is 9.61. The summed E-state index contributed by atoms with van der Waals surface area (Å²) < 4.78 is 32.6. The van der Waals surface area contributed by atoms with Gasteiger partial charge in [-0.3, -0.25) is 9.59 Å². The third-order valence-electron chi connectivity index (χ3n) is 5.27. The molecule has 0 N–H and O–H groups in total. The van der Waals surface area contributed by atoms with E-state index in [9.17, 15) is 18.4 Å². The van der Waals surface area contributed by atoms with E-state index in [1.54, 1.807) is 6.07 Å². The second kappa shape index (κ2) is 8.57. The molecule has 2 aromatic carbocycles. The number of rotatable bonds is 4. The maximum atomic E-state index is 14.0. The Kier molecular flexibility index (Phi) is 5.87. The molecule has 0 bridgehead atoms. The molecule has 0 radical (unpaired) electrons. The van der Waals surface area contributed by atoms with Crippen LogP contribution in [-0.2, 0) is 20.9 Å². The first-order chi connectivity index (χ1) is 14.4. The summed E-state index contributed by atoms with van der Waals surface area (Å²) >= 11 is 6.05. The molecule has 0 saturated carbocycles. The van der Waals surface area contributed by atoms with Gasteiger partial charge in [0, 0.05) is 37.7 Å². The highest BCUT2D eigenvalue weighted by atomic mass is 35.5. The highest BCUT2D eigenvalue weighted by molar-refractivity contribution is 6.41. The number of amides is 2. The van der Waals surface area contributed by atoms with Gasteiger partial charge in [0.15, 0.2) is 0 Å². The van der Waals surface area contributed by atoms with E-state index >= 15 is 0 Å². The molecule has 0 spiro atoms. The summed E-state index contributed by atoms with van der Waals surface area (Å²) in [4.78, 5) is 30.3. The van der Waals surface area contributed by atoms with Crippen molar-refractivity contribution in [3.05, 3.63) is 58.6 Å². The van der Waals surface area contributed by atoms with Crippen LogP contribution < -0.4 is 9.80 Å². The SMILES string of the molecule is O=C1C(=O)N(c2cc(F)ccc2N2CCOCC2)CCN1Cc1ccc(F)cc1Cl. The van der Waals surface area contributed by atoms with Crippen molar-refractivity contribution >= 4 is 34.8 Å². The fourth-order valence-electron chi connectivity index (χ4n) is 3.70. The molecule has 2 aromatic rings. The number of halogens is 3. The van der Waals surface area contributed by atoms with Gasteiger partial charge in [0.1, 0.15) is 11.6 Å². The van der Waals surface area contributed by atoms with Crippen molar-refractivity contribution in [3.63, 3.8) is 0 Å². The number of hydrogen-bond donors (Lipinski definition) is 0. The van der Waals surface area contributed by atoms with Crippen LogP contribution in [0.3, 0.4) is 0 Å². The van der Waals surface area contributed by atoms with E-state index in [0.29, 0.717) is 43.2 Å². The number of benzene rings is 2. The molecular weight excluding hydrogens is 416 g/mol. The molecule has 0 aromatic heterocycles. The van der Waals surface area contributed by atoms with Gasteiger partial charge in [-0.25, -0.2) is 8.78 Å². The van der Waals surface area contributed by atoms with Gasteiger partial charge in [-0.1, -0.05) is 17.7 Å². The monoisotopic (exact) mass is 435 g/mol. The summed E-state index contributed by atoms with van der Waals surface area (Å²) in [5, 5.41) is 0.192. The first-order valence-corrected chi connectivity index (χ1v) is 9.99. The zero-order valence-electron chi connectivity index (χ0n) is 16.1. The third-order valence-corrected chi connectivity index (χ3v) is 5.62. The Hall–Kier alpha value is -2.71. The summed E-state index contributed by atoms with van der Waals surface area (Å²) in [6.07, 6.45) is 0. The Morgan fingerprint density at radius 1 is 0.867 bits per heavy atom. The van der Waals surface area contributed by atoms with Crippen LogP contribution in [0.4, 0.5) is 20.2 Å². The lowest BCUT2D eigenvalue weighted by molar-refractivity contribution is -0.146. The minimum atomic E-state index is -0.736. The topological polar surface area (TPSA) is 53.1 Å². The Bertz CT molecular complexity index is 982. The molecule has 4 rings (SSSR count). The minimum absolute atomic E-state index is 0.0942. The molecule has 2 fully saturated rings. The lowest BCUT2D eigenvalue weighted by atomic mass is 10.1. The van der Waals surface area contributed by atoms with Crippen LogP contribution in [0.25, 0.3) is 0 Å². The molecule has 2 amide bonds. The largest absolute Gasteiger partial charge is 0.378 e. The molecule has 2 heterocycles. The lowest BCUT2D eigenvalue weighted by Crippen LogP contribution is -2.54. The van der Waals surface area contributed by atoms with Crippen molar-refractivity contribution in [2.24, 2.45) is 0 Å². The normalized spacial score (nSPS) is 17.6. The summed E-state index contributed by atoms with van der Waals surface area (Å²) in [7, 11) is 0. The van der Waals surface area contributed by atoms with Crippen molar-refractivity contribution in [1.29, 1.82) is 0 Å². The van der Waals surface area contributed by atoms with E-state index in [4.69, 9.17) is 16.3 Å². The van der Waals surface area contributed by atoms with Crippen molar-refractivity contribution in [2.75, 3.05) is 49.2 Å². The van der Waals surface area contributed by atoms with Crippen LogP contribution in [-0.4, -0.2) is 56.1 Å². The van der Waals surface area contributed by atoms with Crippen LogP contribution in [0.1, 0.15) is 5.56 Å². The summed E-state index contributed by atoms with van der Waals surface area (Å²) in [5.41, 5.74) is 1.61. The highest BCUT2D eigenvalue weighted by Crippen LogP contribution is 2.32. The average Bonchev–Trinajstić information content (AvgIpc) is 2.74. The van der Waals surface area contributed by atoms with Crippen molar-refractivity contribution in [2.45, 2.75) is 6.54 Å². The van der Waals surface area contributed by atoms with Crippen molar-refractivity contribution in [3.8, 4) is 0 Å². The van der Waals surface area contributed by atoms with Crippen LogP contribution in [0, 0.1) is 11.6 Å². The molecule has 6 nitrogen and oxygen atoms in total. The van der Waals surface area contributed by atoms with Crippen LogP contribution in [0.15, 0.2) is 36.4 Å². The molecule has 9 heteroatoms. The summed E-state index contributed by atoms with van der Waals surface area (Å²) in [6.45, 7) is 2.86. The highest BCUT2D eigenvalue weighted by Gasteiger charge is 2.35. The molecule has 2 aliphatic heterocycles. The fraction of sp³-hybridized carbons (Fsp3) is 0.333. The first kappa shape index (κ1) is 20.6. The van der Waals surface area contributed by atoms with Crippen molar-refractivity contribution in [1.82, 2.24) is 4.90 Å². The second-order valence-electron chi connectivity index (χ2n) is 7.15. The molecule has 2 aliphatic rings. The van der Waals surface area contributed by atoms with Gasteiger partial charge < -0.3 is 19.4 Å². The summed E-state index contributed by atoms with van der Waals surface area (Å²) in [5.74, 6) is -2.40. The van der Waals surface area contributed by atoms with E-state index in [1.807, 2.05) is 4.90 Å². The second-order valence-corrected chi connectivity index (χ2v) is 7.56. The number of hydrogen-bond acceptors (Lipinski definition) is 4. The van der Waals surface area contributed by atoms with Crippen molar-refractivity contribution < 1.29 is 23.1 Å². The lowest BCUT2D eigenvalue weighted by Gasteiger charge is -2.37. The molecular formula is C21H20ClF2N3O3. The Morgan fingerprint density at radius 2 is 1.57 bits per heavy atom.